The second-order valence-electron chi connectivity index (χ2n) is 2.80. The third kappa shape index (κ3) is 2.90. The van der Waals surface area contributed by atoms with Crippen molar-refractivity contribution in [3.8, 4) is 0 Å². The Bertz CT molecular complexity index is 330. The molecule has 2 amide bonds. The Morgan fingerprint density at radius 1 is 1.64 bits per heavy atom. The third-order valence-electron chi connectivity index (χ3n) is 1.75. The van der Waals surface area contributed by atoms with E-state index in [0.717, 1.165) is 5.56 Å². The van der Waals surface area contributed by atoms with Crippen LogP contribution in [0.15, 0.2) is 24.3 Å². The number of primary amides is 1. The lowest BCUT2D eigenvalue weighted by Gasteiger charge is -2.14. The van der Waals surface area contributed by atoms with E-state index in [1.807, 2.05) is 0 Å². The van der Waals surface area contributed by atoms with Gasteiger partial charge >= 0.3 is 6.03 Å². The largest absolute Gasteiger partial charge is 0.394 e. The van der Waals surface area contributed by atoms with Crippen LogP contribution in [0.4, 0.5) is 4.79 Å². The number of hydrogen-bond donors (Lipinski definition) is 3. The zero-order valence-electron chi connectivity index (χ0n) is 7.40. The molecule has 1 rings (SSSR count). The zero-order valence-corrected chi connectivity index (χ0v) is 8.16. The van der Waals surface area contributed by atoms with Gasteiger partial charge in [0.2, 0.25) is 0 Å². The quantitative estimate of drug-likeness (QED) is 0.703. The fraction of sp³-hybridized carbons (Fsp3) is 0.222. The molecule has 1 atom stereocenters. The Labute approximate surface area is 86.7 Å². The smallest absolute Gasteiger partial charge is 0.312 e. The lowest BCUT2D eigenvalue weighted by atomic mass is 10.1. The fourth-order valence-corrected chi connectivity index (χ4v) is 1.33. The monoisotopic (exact) mass is 214 g/mol. The van der Waals surface area contributed by atoms with Crippen LogP contribution in [0.25, 0.3) is 0 Å². The maximum absolute atomic E-state index is 10.6. The van der Waals surface area contributed by atoms with Crippen LogP contribution in [0.2, 0.25) is 5.02 Å². The van der Waals surface area contributed by atoms with Crippen molar-refractivity contribution >= 4 is 17.6 Å². The summed E-state index contributed by atoms with van der Waals surface area (Å²) in [6.45, 7) is -0.219. The lowest BCUT2D eigenvalue weighted by molar-refractivity contribution is 0.223. The molecule has 0 bridgehead atoms. The highest BCUT2D eigenvalue weighted by Gasteiger charge is 2.11. The number of rotatable bonds is 3. The van der Waals surface area contributed by atoms with Crippen LogP contribution in [0.1, 0.15) is 11.6 Å². The Kier molecular flexibility index (Phi) is 3.73. The van der Waals surface area contributed by atoms with Gasteiger partial charge in [-0.3, -0.25) is 0 Å². The molecule has 0 saturated carbocycles. The number of halogens is 1. The molecule has 1 aromatic carbocycles. The van der Waals surface area contributed by atoms with Crippen LogP contribution in [-0.4, -0.2) is 17.7 Å². The van der Waals surface area contributed by atoms with Crippen LogP contribution in [0, 0.1) is 0 Å². The van der Waals surface area contributed by atoms with Crippen molar-refractivity contribution in [1.82, 2.24) is 5.32 Å². The molecule has 1 unspecified atom stereocenters. The minimum atomic E-state index is -0.677. The molecule has 5 heteroatoms. The summed E-state index contributed by atoms with van der Waals surface area (Å²) >= 11 is 5.76. The minimum Gasteiger partial charge on any atom is -0.394 e. The number of aliphatic hydroxyl groups is 1. The number of carbonyl (C=O) groups excluding carboxylic acids is 1. The Balaban J connectivity index is 2.83. The van der Waals surface area contributed by atoms with E-state index < -0.39 is 12.1 Å². The topological polar surface area (TPSA) is 75.4 Å². The average molecular weight is 215 g/mol. The van der Waals surface area contributed by atoms with Crippen molar-refractivity contribution in [2.24, 2.45) is 5.73 Å². The van der Waals surface area contributed by atoms with Gasteiger partial charge in [-0.2, -0.15) is 0 Å². The van der Waals surface area contributed by atoms with Crippen LogP contribution in [0.5, 0.6) is 0 Å². The summed E-state index contributed by atoms with van der Waals surface area (Å²) in [4.78, 5) is 10.6. The van der Waals surface area contributed by atoms with E-state index in [9.17, 15) is 4.79 Å². The molecule has 14 heavy (non-hydrogen) atoms. The van der Waals surface area contributed by atoms with Crippen molar-refractivity contribution in [2.45, 2.75) is 6.04 Å². The highest BCUT2D eigenvalue weighted by atomic mass is 35.5. The van der Waals surface area contributed by atoms with Crippen LogP contribution < -0.4 is 11.1 Å². The van der Waals surface area contributed by atoms with E-state index in [2.05, 4.69) is 5.32 Å². The molecule has 0 aliphatic carbocycles. The Hall–Kier alpha value is -1.26. The first kappa shape index (κ1) is 10.8. The van der Waals surface area contributed by atoms with Gasteiger partial charge in [-0.15, -0.1) is 0 Å². The van der Waals surface area contributed by atoms with Gasteiger partial charge < -0.3 is 16.2 Å². The standard InChI is InChI=1S/C9H11ClN2O2/c10-7-3-1-2-6(4-7)8(5-13)12-9(11)14/h1-4,8,13H,5H2,(H3,11,12,14). The molecule has 0 fully saturated rings. The summed E-state index contributed by atoms with van der Waals surface area (Å²) in [6.07, 6.45) is 0. The van der Waals surface area contributed by atoms with E-state index in [1.54, 1.807) is 24.3 Å². The normalized spacial score (nSPS) is 12.1. The first-order chi connectivity index (χ1) is 6.63. The van der Waals surface area contributed by atoms with Gasteiger partial charge in [-0.05, 0) is 17.7 Å². The summed E-state index contributed by atoms with van der Waals surface area (Å²) in [7, 11) is 0. The zero-order chi connectivity index (χ0) is 10.6. The molecule has 0 heterocycles. The van der Waals surface area contributed by atoms with Crippen molar-refractivity contribution < 1.29 is 9.90 Å². The number of nitrogens with one attached hydrogen (secondary N) is 1. The molecular weight excluding hydrogens is 204 g/mol. The molecule has 0 aliphatic rings. The van der Waals surface area contributed by atoms with Crippen molar-refractivity contribution in [1.29, 1.82) is 0 Å². The molecule has 4 N–H and O–H groups in total. The summed E-state index contributed by atoms with van der Waals surface area (Å²) in [5.74, 6) is 0. The van der Waals surface area contributed by atoms with Gasteiger partial charge in [0, 0.05) is 5.02 Å². The van der Waals surface area contributed by atoms with Crippen LogP contribution >= 0.6 is 11.6 Å². The van der Waals surface area contributed by atoms with Gasteiger partial charge in [-0.1, -0.05) is 23.7 Å². The Morgan fingerprint density at radius 2 is 2.36 bits per heavy atom. The SMILES string of the molecule is NC(=O)NC(CO)c1cccc(Cl)c1. The predicted molar refractivity (Wildman–Crippen MR) is 54.0 cm³/mol. The van der Waals surface area contributed by atoms with Crippen molar-refractivity contribution in [2.75, 3.05) is 6.61 Å². The third-order valence-corrected chi connectivity index (χ3v) is 1.99. The van der Waals surface area contributed by atoms with Crippen molar-refractivity contribution in [3.05, 3.63) is 34.9 Å². The van der Waals surface area contributed by atoms with E-state index >= 15 is 0 Å². The van der Waals surface area contributed by atoms with Crippen LogP contribution in [-0.2, 0) is 0 Å². The molecule has 1 aromatic rings. The summed E-state index contributed by atoms with van der Waals surface area (Å²) in [6, 6.07) is 5.68. The van der Waals surface area contributed by atoms with Crippen LogP contribution in [0.3, 0.4) is 0 Å². The summed E-state index contributed by atoms with van der Waals surface area (Å²) in [5, 5.41) is 12.0. The summed E-state index contributed by atoms with van der Waals surface area (Å²) in [5.41, 5.74) is 5.67. The average Bonchev–Trinajstić information content (AvgIpc) is 2.14. The van der Waals surface area contributed by atoms with E-state index in [0.29, 0.717) is 5.02 Å². The number of nitrogens with two attached hydrogens (primary N) is 1. The second kappa shape index (κ2) is 4.83. The van der Waals surface area contributed by atoms with E-state index in [1.165, 1.54) is 0 Å². The minimum absolute atomic E-state index is 0.219. The predicted octanol–water partition coefficient (Wildman–Crippen LogP) is 1.04. The highest BCUT2D eigenvalue weighted by molar-refractivity contribution is 6.30. The van der Waals surface area contributed by atoms with Crippen molar-refractivity contribution in [3.63, 3.8) is 0 Å². The van der Waals surface area contributed by atoms with E-state index in [4.69, 9.17) is 22.4 Å². The lowest BCUT2D eigenvalue weighted by Crippen LogP contribution is -2.34. The number of benzene rings is 1. The number of aliphatic hydroxyl groups excluding tert-OH is 1. The second-order valence-corrected chi connectivity index (χ2v) is 3.24. The fourth-order valence-electron chi connectivity index (χ4n) is 1.13. The van der Waals surface area contributed by atoms with Gasteiger partial charge in [0.05, 0.1) is 12.6 Å². The first-order valence-electron chi connectivity index (χ1n) is 4.05. The summed E-state index contributed by atoms with van der Waals surface area (Å²) < 4.78 is 0. The molecule has 0 saturated heterocycles. The maximum atomic E-state index is 10.6. The molecule has 0 radical (unpaired) electrons. The molecule has 0 aromatic heterocycles. The van der Waals surface area contributed by atoms with Gasteiger partial charge in [0.25, 0.3) is 0 Å². The van der Waals surface area contributed by atoms with Gasteiger partial charge in [0.15, 0.2) is 0 Å². The molecule has 0 spiro atoms. The number of hydrogen-bond acceptors (Lipinski definition) is 2. The first-order valence-corrected chi connectivity index (χ1v) is 4.43. The number of carbonyl (C=O) groups is 1. The molecule has 76 valence electrons. The van der Waals surface area contributed by atoms with Gasteiger partial charge in [0.1, 0.15) is 0 Å². The number of urea groups is 1. The molecular formula is C9H11ClN2O2. The van der Waals surface area contributed by atoms with E-state index in [-0.39, 0.29) is 6.61 Å². The Morgan fingerprint density at radius 3 is 2.86 bits per heavy atom. The molecule has 0 aliphatic heterocycles. The highest BCUT2D eigenvalue weighted by Crippen LogP contribution is 2.17. The molecule has 4 nitrogen and oxygen atoms in total. The number of amides is 2. The van der Waals surface area contributed by atoms with Gasteiger partial charge in [-0.25, -0.2) is 4.79 Å². The maximum Gasteiger partial charge on any atom is 0.312 e.